The second kappa shape index (κ2) is 6.83. The Morgan fingerprint density at radius 3 is 2.90 bits per heavy atom. The van der Waals surface area contributed by atoms with Gasteiger partial charge in [0.05, 0.1) is 11.0 Å². The first kappa shape index (κ1) is 16.4. The van der Waals surface area contributed by atoms with Crippen molar-refractivity contribution in [3.05, 3.63) is 29.6 Å². The summed E-state index contributed by atoms with van der Waals surface area (Å²) >= 11 is 0. The summed E-state index contributed by atoms with van der Waals surface area (Å²) in [6, 6.07) is 4.02. The number of rotatable bonds is 5. The van der Waals surface area contributed by atoms with E-state index < -0.39 is 15.8 Å². The van der Waals surface area contributed by atoms with Gasteiger partial charge in [0.15, 0.2) is 0 Å². The third-order valence-corrected chi connectivity index (χ3v) is 5.59. The molecule has 0 spiro atoms. The molecule has 1 saturated heterocycles. The van der Waals surface area contributed by atoms with Gasteiger partial charge in [-0.1, -0.05) is 6.07 Å². The Morgan fingerprint density at radius 1 is 1.48 bits per heavy atom. The Bertz CT molecular complexity index is 590. The average molecular weight is 316 g/mol. The molecule has 0 saturated carbocycles. The van der Waals surface area contributed by atoms with Gasteiger partial charge in [0.1, 0.15) is 5.82 Å². The number of nitrogens with zero attached hydrogens (tertiary/aromatic N) is 1. The van der Waals surface area contributed by atoms with Gasteiger partial charge in [-0.15, -0.1) is 0 Å². The monoisotopic (exact) mass is 316 g/mol. The topological polar surface area (TPSA) is 72.6 Å². The van der Waals surface area contributed by atoms with Crippen molar-refractivity contribution in [2.45, 2.75) is 37.3 Å². The SMILES string of the molecule is CCOC1CCCN(S(=O)(=O)c2cccc(F)c2CN)C1. The fourth-order valence-corrected chi connectivity index (χ4v) is 4.37. The van der Waals surface area contributed by atoms with Gasteiger partial charge in [-0.3, -0.25) is 0 Å². The molecular weight excluding hydrogens is 295 g/mol. The highest BCUT2D eigenvalue weighted by Gasteiger charge is 2.32. The van der Waals surface area contributed by atoms with Gasteiger partial charge in [0, 0.05) is 31.8 Å². The summed E-state index contributed by atoms with van der Waals surface area (Å²) in [6.45, 7) is 3.01. The van der Waals surface area contributed by atoms with Crippen LogP contribution in [0, 0.1) is 5.82 Å². The van der Waals surface area contributed by atoms with Crippen molar-refractivity contribution >= 4 is 10.0 Å². The van der Waals surface area contributed by atoms with E-state index in [1.165, 1.54) is 22.5 Å². The van der Waals surface area contributed by atoms with E-state index in [4.69, 9.17) is 10.5 Å². The maximum atomic E-state index is 13.8. The highest BCUT2D eigenvalue weighted by molar-refractivity contribution is 7.89. The molecule has 5 nitrogen and oxygen atoms in total. The largest absolute Gasteiger partial charge is 0.377 e. The maximum Gasteiger partial charge on any atom is 0.243 e. The van der Waals surface area contributed by atoms with Crippen LogP contribution in [0.2, 0.25) is 0 Å². The molecule has 1 aliphatic heterocycles. The smallest absolute Gasteiger partial charge is 0.243 e. The second-order valence-corrected chi connectivity index (χ2v) is 6.91. The van der Waals surface area contributed by atoms with Crippen LogP contribution in [0.3, 0.4) is 0 Å². The molecule has 1 aromatic rings. The zero-order chi connectivity index (χ0) is 15.5. The molecule has 1 heterocycles. The molecule has 0 radical (unpaired) electrons. The molecule has 1 unspecified atom stereocenters. The summed E-state index contributed by atoms with van der Waals surface area (Å²) < 4.78 is 46.1. The van der Waals surface area contributed by atoms with Crippen molar-refractivity contribution in [2.75, 3.05) is 19.7 Å². The number of hydrogen-bond acceptors (Lipinski definition) is 4. The number of hydrogen-bond donors (Lipinski definition) is 1. The van der Waals surface area contributed by atoms with E-state index in [-0.39, 0.29) is 23.1 Å². The number of halogens is 1. The van der Waals surface area contributed by atoms with Gasteiger partial charge < -0.3 is 10.5 Å². The lowest BCUT2D eigenvalue weighted by molar-refractivity contribution is 0.0265. The van der Waals surface area contributed by atoms with Gasteiger partial charge >= 0.3 is 0 Å². The summed E-state index contributed by atoms with van der Waals surface area (Å²) in [4.78, 5) is -0.0397. The number of benzene rings is 1. The zero-order valence-corrected chi connectivity index (χ0v) is 12.9. The lowest BCUT2D eigenvalue weighted by atomic mass is 10.1. The van der Waals surface area contributed by atoms with E-state index in [0.29, 0.717) is 19.7 Å². The summed E-state index contributed by atoms with van der Waals surface area (Å²) in [6.07, 6.45) is 1.47. The van der Waals surface area contributed by atoms with Crippen LogP contribution in [0.1, 0.15) is 25.3 Å². The van der Waals surface area contributed by atoms with Crippen molar-refractivity contribution in [3.63, 3.8) is 0 Å². The van der Waals surface area contributed by atoms with Crippen molar-refractivity contribution < 1.29 is 17.5 Å². The third-order valence-electron chi connectivity index (χ3n) is 3.64. The molecule has 21 heavy (non-hydrogen) atoms. The number of sulfonamides is 1. The molecular formula is C14H21FN2O3S. The Balaban J connectivity index is 2.32. The van der Waals surface area contributed by atoms with E-state index in [9.17, 15) is 12.8 Å². The highest BCUT2D eigenvalue weighted by Crippen LogP contribution is 2.25. The van der Waals surface area contributed by atoms with E-state index in [1.54, 1.807) is 0 Å². The van der Waals surface area contributed by atoms with E-state index in [0.717, 1.165) is 12.8 Å². The molecule has 0 bridgehead atoms. The third kappa shape index (κ3) is 3.42. The molecule has 1 atom stereocenters. The average Bonchev–Trinajstić information content (AvgIpc) is 2.47. The fourth-order valence-electron chi connectivity index (χ4n) is 2.61. The minimum absolute atomic E-state index is 0.0380. The molecule has 1 fully saturated rings. The summed E-state index contributed by atoms with van der Waals surface area (Å²) in [5.74, 6) is -0.586. The van der Waals surface area contributed by atoms with Crippen molar-refractivity contribution in [1.29, 1.82) is 0 Å². The van der Waals surface area contributed by atoms with E-state index in [1.807, 2.05) is 6.92 Å². The maximum absolute atomic E-state index is 13.8. The number of ether oxygens (including phenoxy) is 1. The first-order valence-corrected chi connectivity index (χ1v) is 8.54. The molecule has 0 aliphatic carbocycles. The lowest BCUT2D eigenvalue weighted by Gasteiger charge is -2.32. The van der Waals surface area contributed by atoms with Crippen molar-refractivity contribution in [2.24, 2.45) is 5.73 Å². The molecule has 2 N–H and O–H groups in total. The first-order valence-electron chi connectivity index (χ1n) is 7.10. The highest BCUT2D eigenvalue weighted by atomic mass is 32.2. The van der Waals surface area contributed by atoms with Gasteiger partial charge in [-0.2, -0.15) is 4.31 Å². The van der Waals surface area contributed by atoms with Crippen LogP contribution in [-0.2, 0) is 21.3 Å². The van der Waals surface area contributed by atoms with Crippen LogP contribution in [0.15, 0.2) is 23.1 Å². The summed E-state index contributed by atoms with van der Waals surface area (Å²) in [5, 5.41) is 0. The van der Waals surface area contributed by atoms with Crippen LogP contribution in [0.25, 0.3) is 0 Å². The lowest BCUT2D eigenvalue weighted by Crippen LogP contribution is -2.43. The predicted molar refractivity (Wildman–Crippen MR) is 77.7 cm³/mol. The number of nitrogens with two attached hydrogens (primary N) is 1. The first-order chi connectivity index (χ1) is 10.0. The molecule has 7 heteroatoms. The van der Waals surface area contributed by atoms with Gasteiger partial charge in [0.2, 0.25) is 10.0 Å². The Hall–Kier alpha value is -1.02. The van der Waals surface area contributed by atoms with Crippen LogP contribution in [0.4, 0.5) is 4.39 Å². The van der Waals surface area contributed by atoms with E-state index in [2.05, 4.69) is 0 Å². The Morgan fingerprint density at radius 2 is 2.24 bits per heavy atom. The molecule has 118 valence electrons. The van der Waals surface area contributed by atoms with Gasteiger partial charge in [-0.25, -0.2) is 12.8 Å². The van der Waals surface area contributed by atoms with E-state index >= 15 is 0 Å². The summed E-state index contributed by atoms with van der Waals surface area (Å²) in [5.41, 5.74) is 5.54. The molecule has 0 amide bonds. The second-order valence-electron chi connectivity index (χ2n) is 5.00. The molecule has 2 rings (SSSR count). The molecule has 0 aromatic heterocycles. The quantitative estimate of drug-likeness (QED) is 0.893. The van der Waals surface area contributed by atoms with Crippen LogP contribution in [0.5, 0.6) is 0 Å². The standard InChI is InChI=1S/C14H21FN2O3S/c1-2-20-11-5-4-8-17(10-11)21(18,19)14-7-3-6-13(15)12(14)9-16/h3,6-7,11H,2,4-5,8-10,16H2,1H3. The minimum atomic E-state index is -3.75. The summed E-state index contributed by atoms with van der Waals surface area (Å²) in [7, 11) is -3.75. The van der Waals surface area contributed by atoms with Crippen LogP contribution < -0.4 is 5.73 Å². The molecule has 1 aromatic carbocycles. The van der Waals surface area contributed by atoms with Crippen LogP contribution >= 0.6 is 0 Å². The van der Waals surface area contributed by atoms with Crippen LogP contribution in [-0.4, -0.2) is 38.5 Å². The minimum Gasteiger partial charge on any atom is -0.377 e. The Labute approximate surface area is 124 Å². The number of piperidine rings is 1. The van der Waals surface area contributed by atoms with Crippen molar-refractivity contribution in [1.82, 2.24) is 4.31 Å². The van der Waals surface area contributed by atoms with Gasteiger partial charge in [-0.05, 0) is 31.9 Å². The molecule has 1 aliphatic rings. The zero-order valence-electron chi connectivity index (χ0n) is 12.1. The normalized spacial score (nSPS) is 20.6. The van der Waals surface area contributed by atoms with Crippen molar-refractivity contribution in [3.8, 4) is 0 Å². The Kier molecular flexibility index (Phi) is 5.32. The van der Waals surface area contributed by atoms with Gasteiger partial charge in [0.25, 0.3) is 0 Å². The fraction of sp³-hybridized carbons (Fsp3) is 0.571. The predicted octanol–water partition coefficient (Wildman–Crippen LogP) is 1.47.